The third kappa shape index (κ3) is 33.3. The predicted octanol–water partition coefficient (Wildman–Crippen LogP) is -7.16. The Balaban J connectivity index is 7.09. The van der Waals surface area contributed by atoms with E-state index in [1.165, 1.54) is 6.92 Å². The lowest BCUT2D eigenvalue weighted by Crippen LogP contribution is -2.60. The van der Waals surface area contributed by atoms with E-state index in [-0.39, 0.29) is 164 Å². The van der Waals surface area contributed by atoms with Gasteiger partial charge in [-0.25, -0.2) is 0 Å². The maximum atomic E-state index is 14.4. The fraction of sp³-hybridized carbons (Fsp3) is 0.674. The van der Waals surface area contributed by atoms with Crippen LogP contribution in [0.15, 0.2) is 0 Å². The minimum Gasteiger partial charge on any atom is -0.370 e. The summed E-state index contributed by atoms with van der Waals surface area (Å²) >= 11 is 0. The van der Waals surface area contributed by atoms with Gasteiger partial charge in [0, 0.05) is 52.1 Å². The summed E-state index contributed by atoms with van der Waals surface area (Å²) in [7, 11) is 0. The first-order valence-electron chi connectivity index (χ1n) is 24.8. The molecular formula is C43H85N25O8. The molecule has 430 valence electrons. The monoisotopic (exact) mass is 1080 g/mol. The van der Waals surface area contributed by atoms with Crippen molar-refractivity contribution in [1.82, 2.24) is 69.1 Å². The fourth-order valence-corrected chi connectivity index (χ4v) is 6.90. The molecule has 0 aliphatic rings. The highest BCUT2D eigenvalue weighted by Gasteiger charge is 2.33. The van der Waals surface area contributed by atoms with Gasteiger partial charge in [-0.05, 0) is 77.0 Å². The van der Waals surface area contributed by atoms with Crippen LogP contribution in [0.4, 0.5) is 0 Å². The molecule has 0 spiro atoms. The molecule has 0 fully saturated rings. The first kappa shape index (κ1) is 67.6. The third-order valence-electron chi connectivity index (χ3n) is 10.8. The number of hydrogen-bond acceptors (Lipinski definition) is 14. The third-order valence-corrected chi connectivity index (χ3v) is 10.8. The summed E-state index contributed by atoms with van der Waals surface area (Å²) in [5.41, 5.74) is 32.6. The lowest BCUT2D eigenvalue weighted by Gasteiger charge is -2.28. The van der Waals surface area contributed by atoms with Crippen LogP contribution in [-0.2, 0) is 38.4 Å². The molecule has 0 unspecified atom stereocenters. The van der Waals surface area contributed by atoms with Gasteiger partial charge in [0.05, 0.1) is 6.54 Å². The second-order valence-electron chi connectivity index (χ2n) is 17.8. The van der Waals surface area contributed by atoms with E-state index in [1.54, 1.807) is 13.8 Å². The highest BCUT2D eigenvalue weighted by Crippen LogP contribution is 2.09. The highest BCUT2D eigenvalue weighted by molar-refractivity contribution is 5.97. The number of guanidine groups is 6. The first-order valence-corrected chi connectivity index (χ1v) is 24.8. The molecule has 0 radical (unpaired) electrons. The van der Waals surface area contributed by atoms with Crippen molar-refractivity contribution in [3.05, 3.63) is 0 Å². The van der Waals surface area contributed by atoms with Crippen molar-refractivity contribution in [2.24, 2.45) is 40.3 Å². The van der Waals surface area contributed by atoms with Gasteiger partial charge in [0.15, 0.2) is 41.5 Å². The summed E-state index contributed by atoms with van der Waals surface area (Å²) in [5.74, 6) is -8.24. The van der Waals surface area contributed by atoms with Crippen molar-refractivity contribution in [3.8, 4) is 0 Å². The van der Waals surface area contributed by atoms with Crippen LogP contribution in [0.1, 0.15) is 97.8 Å². The topological polar surface area (TPSA) is 592 Å². The molecule has 0 aromatic heterocycles. The molecule has 76 heavy (non-hydrogen) atoms. The number of carbonyl (C=O) groups excluding carboxylic acids is 8. The van der Waals surface area contributed by atoms with Crippen LogP contribution in [0, 0.1) is 38.4 Å². The summed E-state index contributed by atoms with van der Waals surface area (Å²) in [4.78, 5) is 109. The molecule has 0 rings (SSSR count). The van der Waals surface area contributed by atoms with Crippen molar-refractivity contribution in [3.63, 3.8) is 0 Å². The number of nitrogens with two attached hydrogens (primary N) is 6. The number of nitrogens with one attached hydrogen (secondary N) is 19. The Bertz CT molecular complexity index is 1990. The van der Waals surface area contributed by atoms with Crippen molar-refractivity contribution in [1.29, 1.82) is 32.5 Å². The van der Waals surface area contributed by atoms with E-state index < -0.39 is 83.5 Å². The van der Waals surface area contributed by atoms with E-state index in [9.17, 15) is 38.4 Å². The van der Waals surface area contributed by atoms with Crippen LogP contribution < -0.4 is 104 Å². The first-order chi connectivity index (χ1) is 35.7. The van der Waals surface area contributed by atoms with Crippen LogP contribution >= 0.6 is 0 Å². The summed E-state index contributed by atoms with van der Waals surface area (Å²) in [6.07, 6.45) is 0.723. The molecule has 0 saturated carbocycles. The fourth-order valence-electron chi connectivity index (χ4n) is 6.90. The molecule has 33 heteroatoms. The number of Topliss-reactive ketones (excluding diaryl/α,β-unsaturated/α-hetero) is 1. The van der Waals surface area contributed by atoms with E-state index in [0.29, 0.717) is 0 Å². The Labute approximate surface area is 442 Å². The van der Waals surface area contributed by atoms with Crippen LogP contribution in [0.3, 0.4) is 0 Å². The number of ketones is 1. The lowest BCUT2D eigenvalue weighted by atomic mass is 10.0. The van der Waals surface area contributed by atoms with Gasteiger partial charge in [0.1, 0.15) is 36.3 Å². The zero-order valence-corrected chi connectivity index (χ0v) is 43.7. The van der Waals surface area contributed by atoms with Crippen molar-refractivity contribution < 1.29 is 38.4 Å². The standard InChI is InChI=1S/C43H85N25O8/c1-23(2)31(70)22-62-32(71)25(10-4-16-56-38(44)45)64-34(73)27(12-6-18-58-40(48)49)66-36(75)29(14-8-20-60-42(52)53)68-37(76)30(15-9-21-61-43(54)55)67-35(74)28(13-7-19-59-41(50)51)65-33(72)26(63-24(3)69)11-5-17-57-39(46)47/h23,25-30H,4-22H2,1-3H3,(H,62,71)(H,63,69)(H,64,73)(H,65,72)(H,66,75)(H,67,74)(H,68,76)(H4,44,45,56)(H4,46,47,57)(H4,48,49,58)(H4,50,51,59)(H4,52,53,60)(H4,54,55,61)/t25-,26-,27-,28-,29-,30-/m0/s1. The van der Waals surface area contributed by atoms with Gasteiger partial charge >= 0.3 is 0 Å². The minimum absolute atomic E-state index is 0.00676. The van der Waals surface area contributed by atoms with Crippen LogP contribution in [0.5, 0.6) is 0 Å². The molecule has 0 heterocycles. The zero-order chi connectivity index (χ0) is 57.8. The summed E-state index contributed by atoms with van der Waals surface area (Å²) in [6.45, 7) is 4.85. The van der Waals surface area contributed by atoms with Gasteiger partial charge < -0.3 is 104 Å². The SMILES string of the molecule is CC(=O)N[C@@H](CCCNC(=N)N)C(=O)N[C@@H](CCCNC(=N)N)C(=O)N[C@@H](CCCNC(=N)N)C(=O)N[C@@H](CCCNC(=N)N)C(=O)N[C@@H](CCCNC(=N)N)C(=O)N[C@@H](CCCNC(=N)N)C(=O)NCC(=O)C(C)C. The molecule has 0 bridgehead atoms. The highest BCUT2D eigenvalue weighted by atomic mass is 16.2. The minimum atomic E-state index is -1.44. The Morgan fingerprint density at radius 3 is 0.711 bits per heavy atom. The summed E-state index contributed by atoms with van der Waals surface area (Å²) in [5, 5.41) is 78.9. The molecule has 31 N–H and O–H groups in total. The summed E-state index contributed by atoms with van der Waals surface area (Å²) < 4.78 is 0. The van der Waals surface area contributed by atoms with E-state index in [4.69, 9.17) is 66.9 Å². The summed E-state index contributed by atoms with van der Waals surface area (Å²) in [6, 6.07) is -7.98. The quantitative estimate of drug-likeness (QED) is 0.0154. The second-order valence-corrected chi connectivity index (χ2v) is 17.8. The Hall–Kier alpha value is -8.42. The van der Waals surface area contributed by atoms with Gasteiger partial charge in [-0.2, -0.15) is 0 Å². The van der Waals surface area contributed by atoms with Crippen molar-refractivity contribution in [2.45, 2.75) is 134 Å². The molecule has 33 nitrogen and oxygen atoms in total. The molecule has 0 saturated heterocycles. The number of carbonyl (C=O) groups is 8. The zero-order valence-electron chi connectivity index (χ0n) is 43.7. The molecular weight excluding hydrogens is 995 g/mol. The maximum absolute atomic E-state index is 14.4. The van der Waals surface area contributed by atoms with Crippen LogP contribution in [0.25, 0.3) is 0 Å². The largest absolute Gasteiger partial charge is 0.370 e. The smallest absolute Gasteiger partial charge is 0.243 e. The number of amides is 7. The normalized spacial score (nSPS) is 12.9. The maximum Gasteiger partial charge on any atom is 0.243 e. The average Bonchev–Trinajstić information content (AvgIpc) is 3.32. The molecule has 0 aliphatic carbocycles. The van der Waals surface area contributed by atoms with E-state index >= 15 is 0 Å². The number of hydrogen-bond donors (Lipinski definition) is 25. The molecule has 6 atom stereocenters. The van der Waals surface area contributed by atoms with Gasteiger partial charge in [-0.3, -0.25) is 70.8 Å². The molecule has 0 aromatic carbocycles. The Morgan fingerprint density at radius 1 is 0.329 bits per heavy atom. The van der Waals surface area contributed by atoms with Crippen molar-refractivity contribution >= 4 is 82.9 Å². The lowest BCUT2D eigenvalue weighted by molar-refractivity contribution is -0.136. The molecule has 0 aromatic rings. The van der Waals surface area contributed by atoms with E-state index in [1.807, 2.05) is 0 Å². The Kier molecular flexibility index (Phi) is 34.0. The molecule has 7 amide bonds. The van der Waals surface area contributed by atoms with Gasteiger partial charge in [0.2, 0.25) is 41.4 Å². The number of rotatable bonds is 39. The van der Waals surface area contributed by atoms with E-state index in [2.05, 4.69) is 69.1 Å². The van der Waals surface area contributed by atoms with Gasteiger partial charge in [-0.1, -0.05) is 13.8 Å². The average molecular weight is 1080 g/mol. The second kappa shape index (κ2) is 38.2. The van der Waals surface area contributed by atoms with Gasteiger partial charge in [-0.15, -0.1) is 0 Å². The molecule has 0 aliphatic heterocycles. The van der Waals surface area contributed by atoms with Gasteiger partial charge in [0.25, 0.3) is 0 Å². The van der Waals surface area contributed by atoms with Crippen LogP contribution in [0.2, 0.25) is 0 Å². The van der Waals surface area contributed by atoms with Crippen LogP contribution in [-0.4, -0.2) is 165 Å². The predicted molar refractivity (Wildman–Crippen MR) is 285 cm³/mol. The van der Waals surface area contributed by atoms with Crippen molar-refractivity contribution in [2.75, 3.05) is 45.8 Å². The Morgan fingerprint density at radius 2 is 0.526 bits per heavy atom. The van der Waals surface area contributed by atoms with E-state index in [0.717, 1.165) is 0 Å².